The summed E-state index contributed by atoms with van der Waals surface area (Å²) in [5, 5.41) is 31.3. The highest BCUT2D eigenvalue weighted by atomic mass is 31.2. The number of phosphoric acid groups is 1. The van der Waals surface area contributed by atoms with Crippen molar-refractivity contribution in [3.63, 3.8) is 0 Å². The topological polar surface area (TPSA) is 146 Å². The van der Waals surface area contributed by atoms with Crippen LogP contribution in [0.5, 0.6) is 0 Å². The number of ether oxygens (including phenoxy) is 2. The first kappa shape index (κ1) is 34.0. The number of fused-ring (bicyclic) bond motifs is 5. The fraction of sp³-hybridized carbons (Fsp3) is 0.939. The molecule has 1 aliphatic heterocycles. The molecule has 0 aromatic carbocycles. The van der Waals surface area contributed by atoms with Gasteiger partial charge in [-0.25, -0.2) is 4.57 Å². The molecule has 0 bridgehead atoms. The van der Waals surface area contributed by atoms with E-state index < -0.39 is 45.1 Å². The van der Waals surface area contributed by atoms with Crippen LogP contribution in [0.2, 0.25) is 0 Å². The summed E-state index contributed by atoms with van der Waals surface area (Å²) in [6.07, 6.45) is 8.14. The Balaban J connectivity index is 1.22. The molecule has 0 radical (unpaired) electrons. The van der Waals surface area contributed by atoms with Gasteiger partial charge in [0.15, 0.2) is 6.29 Å². The normalized spacial score (nSPS) is 45.7. The highest BCUT2D eigenvalue weighted by Gasteiger charge is 2.59. The van der Waals surface area contributed by atoms with E-state index in [1.165, 1.54) is 50.5 Å². The van der Waals surface area contributed by atoms with Crippen LogP contribution in [-0.4, -0.2) is 68.5 Å². The Morgan fingerprint density at radius 3 is 2.42 bits per heavy atom. The van der Waals surface area contributed by atoms with Crippen LogP contribution < -0.4 is 0 Å². The maximum atomic E-state index is 11.2. The summed E-state index contributed by atoms with van der Waals surface area (Å²) >= 11 is 0. The largest absolute Gasteiger partial charge is 0.469 e. The van der Waals surface area contributed by atoms with Gasteiger partial charge in [-0.05, 0) is 97.7 Å². The molecule has 1 heterocycles. The number of phosphoric ester groups is 1. The predicted octanol–water partition coefficient (Wildman–Crippen LogP) is 5.33. The summed E-state index contributed by atoms with van der Waals surface area (Å²) in [6, 6.07) is 0. The Morgan fingerprint density at radius 1 is 0.977 bits per heavy atom. The van der Waals surface area contributed by atoms with Gasteiger partial charge in [-0.1, -0.05) is 65.5 Å². The SMILES string of the molecule is CC(C)CCC[C@@H](C)[C@H]1CC[C@H]2[C@@H]3CC=C4C[C@@H](O[C@H]5O[C@H](COP(=O)(O)O)[C@H](O)[C@@H](O)[C@H]5O)CC[C@]4(C)[C@H]3CC[C@]12C. The molecule has 5 aliphatic rings. The molecule has 4 aliphatic carbocycles. The molecular weight excluding hydrogens is 571 g/mol. The van der Waals surface area contributed by atoms with Gasteiger partial charge in [-0.15, -0.1) is 0 Å². The fourth-order valence-corrected chi connectivity index (χ4v) is 10.6. The van der Waals surface area contributed by atoms with Gasteiger partial charge in [-0.3, -0.25) is 4.52 Å². The van der Waals surface area contributed by atoms with Crippen molar-refractivity contribution in [3.8, 4) is 0 Å². The van der Waals surface area contributed by atoms with E-state index in [0.29, 0.717) is 11.3 Å². The first-order valence-electron chi connectivity index (χ1n) is 16.9. The van der Waals surface area contributed by atoms with Crippen molar-refractivity contribution in [2.45, 2.75) is 142 Å². The molecule has 248 valence electrons. The van der Waals surface area contributed by atoms with Gasteiger partial charge in [0.2, 0.25) is 0 Å². The van der Waals surface area contributed by atoms with E-state index in [1.807, 2.05) is 0 Å². The minimum atomic E-state index is -4.80. The first-order valence-corrected chi connectivity index (χ1v) is 18.4. The maximum Gasteiger partial charge on any atom is 0.469 e. The van der Waals surface area contributed by atoms with Crippen LogP contribution in [0.25, 0.3) is 0 Å². The van der Waals surface area contributed by atoms with E-state index in [9.17, 15) is 19.9 Å². The summed E-state index contributed by atoms with van der Waals surface area (Å²) in [7, 11) is -4.80. The standard InChI is InChI=1S/C33H57O9P/c1-19(2)7-6-8-20(3)24-11-12-25-23-10-9-21-17-22(13-15-32(21,4)26(23)14-16-33(24,25)5)41-31-30(36)29(35)28(34)27(42-31)18-40-43(37,38)39/h9,19-20,22-31,34-36H,6-8,10-18H2,1-5H3,(H2,37,38,39)/t20-,22+,23+,24-,25+,26+,27-,28+,29-,30-,31+,32+,33-/m1/s1. The molecule has 3 saturated carbocycles. The van der Waals surface area contributed by atoms with Crippen molar-refractivity contribution in [1.82, 2.24) is 0 Å². The van der Waals surface area contributed by atoms with E-state index in [1.54, 1.807) is 0 Å². The number of hydrogen-bond acceptors (Lipinski definition) is 7. The molecule has 1 saturated heterocycles. The zero-order chi connectivity index (χ0) is 31.3. The maximum absolute atomic E-state index is 11.2. The smallest absolute Gasteiger partial charge is 0.387 e. The number of hydrogen-bond donors (Lipinski definition) is 5. The number of aliphatic hydroxyl groups is 3. The van der Waals surface area contributed by atoms with Gasteiger partial charge in [0.05, 0.1) is 12.7 Å². The van der Waals surface area contributed by atoms with Crippen LogP contribution in [-0.2, 0) is 18.6 Å². The van der Waals surface area contributed by atoms with Crippen molar-refractivity contribution < 1.29 is 43.7 Å². The van der Waals surface area contributed by atoms with Crippen LogP contribution in [0, 0.1) is 46.3 Å². The van der Waals surface area contributed by atoms with Crippen LogP contribution in [0.1, 0.15) is 105 Å². The molecular formula is C33H57O9P. The molecule has 13 atom stereocenters. The summed E-state index contributed by atoms with van der Waals surface area (Å²) in [6.45, 7) is 11.6. The van der Waals surface area contributed by atoms with Crippen LogP contribution in [0.4, 0.5) is 0 Å². The van der Waals surface area contributed by atoms with Gasteiger partial charge in [0.1, 0.15) is 24.4 Å². The Bertz CT molecular complexity index is 1050. The van der Waals surface area contributed by atoms with Crippen molar-refractivity contribution in [3.05, 3.63) is 11.6 Å². The van der Waals surface area contributed by atoms with E-state index >= 15 is 0 Å². The van der Waals surface area contributed by atoms with Gasteiger partial charge in [0.25, 0.3) is 0 Å². The second-order valence-electron chi connectivity index (χ2n) is 15.6. The third-order valence-electron chi connectivity index (χ3n) is 12.7. The average molecular weight is 629 g/mol. The Labute approximate surface area is 258 Å². The lowest BCUT2D eigenvalue weighted by Gasteiger charge is -2.58. The molecule has 0 unspecified atom stereocenters. The molecule has 4 fully saturated rings. The van der Waals surface area contributed by atoms with Crippen molar-refractivity contribution in [2.24, 2.45) is 46.3 Å². The quantitative estimate of drug-likeness (QED) is 0.160. The average Bonchev–Trinajstić information content (AvgIpc) is 3.29. The molecule has 5 N–H and O–H groups in total. The van der Waals surface area contributed by atoms with Gasteiger partial charge < -0.3 is 34.6 Å². The lowest BCUT2D eigenvalue weighted by Crippen LogP contribution is -2.60. The first-order chi connectivity index (χ1) is 20.1. The van der Waals surface area contributed by atoms with Crippen molar-refractivity contribution in [2.75, 3.05) is 6.61 Å². The van der Waals surface area contributed by atoms with Crippen LogP contribution in [0.3, 0.4) is 0 Å². The zero-order valence-electron chi connectivity index (χ0n) is 26.8. The van der Waals surface area contributed by atoms with Crippen molar-refractivity contribution >= 4 is 7.82 Å². The third-order valence-corrected chi connectivity index (χ3v) is 13.1. The molecule has 0 aromatic heterocycles. The highest BCUT2D eigenvalue weighted by Crippen LogP contribution is 2.67. The fourth-order valence-electron chi connectivity index (χ4n) is 10.3. The molecule has 0 aromatic rings. The van der Waals surface area contributed by atoms with Crippen LogP contribution in [0.15, 0.2) is 11.6 Å². The zero-order valence-corrected chi connectivity index (χ0v) is 27.7. The number of allylic oxidation sites excluding steroid dienone is 1. The summed E-state index contributed by atoms with van der Waals surface area (Å²) < 4.78 is 27.5. The van der Waals surface area contributed by atoms with Gasteiger partial charge in [-0.2, -0.15) is 0 Å². The summed E-state index contributed by atoms with van der Waals surface area (Å²) in [4.78, 5) is 18.1. The number of rotatable bonds is 10. The second kappa shape index (κ2) is 13.0. The predicted molar refractivity (Wildman–Crippen MR) is 163 cm³/mol. The molecule has 5 rings (SSSR count). The van der Waals surface area contributed by atoms with E-state index in [2.05, 4.69) is 45.2 Å². The molecule has 43 heavy (non-hydrogen) atoms. The van der Waals surface area contributed by atoms with Crippen LogP contribution >= 0.6 is 7.82 Å². The highest BCUT2D eigenvalue weighted by molar-refractivity contribution is 7.46. The van der Waals surface area contributed by atoms with E-state index in [-0.39, 0.29) is 11.5 Å². The lowest BCUT2D eigenvalue weighted by atomic mass is 9.47. The summed E-state index contributed by atoms with van der Waals surface area (Å²) in [5.74, 6) is 4.60. The molecule has 0 amide bonds. The monoisotopic (exact) mass is 628 g/mol. The van der Waals surface area contributed by atoms with E-state index in [4.69, 9.17) is 19.3 Å². The Morgan fingerprint density at radius 2 is 1.72 bits per heavy atom. The minimum absolute atomic E-state index is 0.132. The Hall–Kier alpha value is -0.350. The van der Waals surface area contributed by atoms with Gasteiger partial charge in [0, 0.05) is 0 Å². The number of aliphatic hydroxyl groups excluding tert-OH is 3. The van der Waals surface area contributed by atoms with Gasteiger partial charge >= 0.3 is 7.82 Å². The Kier molecular flexibility index (Phi) is 10.3. The lowest BCUT2D eigenvalue weighted by molar-refractivity contribution is -0.312. The molecule has 10 heteroatoms. The van der Waals surface area contributed by atoms with E-state index in [0.717, 1.165) is 55.3 Å². The molecule has 0 spiro atoms. The molecule has 9 nitrogen and oxygen atoms in total. The minimum Gasteiger partial charge on any atom is -0.387 e. The third kappa shape index (κ3) is 6.87. The summed E-state index contributed by atoms with van der Waals surface area (Å²) in [5.41, 5.74) is 2.00. The van der Waals surface area contributed by atoms with Crippen molar-refractivity contribution in [1.29, 1.82) is 0 Å². The second-order valence-corrected chi connectivity index (χ2v) is 16.8.